The summed E-state index contributed by atoms with van der Waals surface area (Å²) in [4.78, 5) is 2.28. The Hall–Kier alpha value is -2.50. The third-order valence-corrected chi connectivity index (χ3v) is 4.60. The van der Waals surface area contributed by atoms with Crippen molar-refractivity contribution >= 4 is 5.71 Å². The highest BCUT2D eigenvalue weighted by Gasteiger charge is 2.30. The molecule has 1 fully saturated rings. The summed E-state index contributed by atoms with van der Waals surface area (Å²) < 4.78 is 48.1. The topological polar surface area (TPSA) is 96.0 Å². The fourth-order valence-corrected chi connectivity index (χ4v) is 2.98. The Morgan fingerprint density at radius 1 is 1.17 bits per heavy atom. The molecule has 1 saturated heterocycles. The molecule has 0 bridgehead atoms. The van der Waals surface area contributed by atoms with E-state index in [1.54, 1.807) is 0 Å². The summed E-state index contributed by atoms with van der Waals surface area (Å²) in [5.74, 6) is 0. The molecule has 0 spiro atoms. The van der Waals surface area contributed by atoms with Crippen LogP contribution in [0.25, 0.3) is 0 Å². The molecule has 2 aromatic rings. The van der Waals surface area contributed by atoms with Crippen LogP contribution < -0.4 is 5.32 Å². The van der Waals surface area contributed by atoms with Crippen LogP contribution in [-0.4, -0.2) is 65.5 Å². The number of morpholine rings is 1. The van der Waals surface area contributed by atoms with E-state index in [-0.39, 0.29) is 17.8 Å². The van der Waals surface area contributed by atoms with Crippen LogP contribution in [0.2, 0.25) is 0 Å². The number of halogens is 3. The van der Waals surface area contributed by atoms with Crippen LogP contribution >= 0.6 is 0 Å². The summed E-state index contributed by atoms with van der Waals surface area (Å²) in [7, 11) is 0. The van der Waals surface area contributed by atoms with E-state index >= 15 is 0 Å². The average molecular weight is 413 g/mol. The molecule has 1 aliphatic heterocycles. The van der Waals surface area contributed by atoms with Crippen molar-refractivity contribution in [3.8, 4) is 0 Å². The Balaban J connectivity index is 1.55. The van der Waals surface area contributed by atoms with Crippen molar-refractivity contribution in [3.05, 3.63) is 46.8 Å². The Morgan fingerprint density at radius 3 is 2.55 bits per heavy atom. The van der Waals surface area contributed by atoms with Crippen LogP contribution in [0, 0.1) is 0 Å². The van der Waals surface area contributed by atoms with Gasteiger partial charge in [0.05, 0.1) is 18.8 Å². The zero-order valence-electron chi connectivity index (χ0n) is 15.7. The van der Waals surface area contributed by atoms with Crippen LogP contribution in [-0.2, 0) is 23.9 Å². The smallest absolute Gasteiger partial charge is 0.411 e. The van der Waals surface area contributed by atoms with Crippen LogP contribution in [0.4, 0.5) is 13.2 Å². The summed E-state index contributed by atoms with van der Waals surface area (Å²) in [6, 6.07) is 4.64. The SMILES string of the molecule is ON=C(Cc1ccc(C(F)(F)F)cc1)c1nonc1CNCCN1CCOCC1. The normalized spacial score (nSPS) is 16.3. The summed E-state index contributed by atoms with van der Waals surface area (Å²) in [5, 5.41) is 23.5. The first-order chi connectivity index (χ1) is 14.0. The number of hydrogen-bond donors (Lipinski definition) is 2. The first-order valence-corrected chi connectivity index (χ1v) is 9.17. The highest BCUT2D eigenvalue weighted by molar-refractivity contribution is 6.00. The van der Waals surface area contributed by atoms with Crippen LogP contribution in [0.1, 0.15) is 22.5 Å². The van der Waals surface area contributed by atoms with Crippen molar-refractivity contribution in [1.82, 2.24) is 20.5 Å². The minimum absolute atomic E-state index is 0.0869. The van der Waals surface area contributed by atoms with Gasteiger partial charge >= 0.3 is 6.18 Å². The van der Waals surface area contributed by atoms with Gasteiger partial charge in [0.1, 0.15) is 11.4 Å². The first-order valence-electron chi connectivity index (χ1n) is 9.17. The number of ether oxygens (including phenoxy) is 1. The molecular formula is C18H22F3N5O3. The van der Waals surface area contributed by atoms with E-state index in [1.165, 1.54) is 12.1 Å². The van der Waals surface area contributed by atoms with E-state index in [9.17, 15) is 18.4 Å². The predicted molar refractivity (Wildman–Crippen MR) is 96.7 cm³/mol. The highest BCUT2D eigenvalue weighted by Crippen LogP contribution is 2.29. The van der Waals surface area contributed by atoms with Gasteiger partial charge in [0.15, 0.2) is 5.69 Å². The number of aromatic nitrogens is 2. The molecule has 0 aliphatic carbocycles. The molecular weight excluding hydrogens is 391 g/mol. The number of rotatable bonds is 8. The zero-order valence-corrected chi connectivity index (χ0v) is 15.7. The summed E-state index contributed by atoms with van der Waals surface area (Å²) in [6.45, 7) is 5.19. The number of alkyl halides is 3. The van der Waals surface area contributed by atoms with Crippen molar-refractivity contribution in [2.24, 2.45) is 5.16 Å². The second-order valence-electron chi connectivity index (χ2n) is 6.61. The van der Waals surface area contributed by atoms with Crippen molar-refractivity contribution in [3.63, 3.8) is 0 Å². The molecule has 1 aliphatic rings. The first kappa shape index (κ1) is 21.2. The van der Waals surface area contributed by atoms with E-state index in [0.717, 1.165) is 51.5 Å². The molecule has 29 heavy (non-hydrogen) atoms. The second kappa shape index (κ2) is 9.81. The van der Waals surface area contributed by atoms with Crippen molar-refractivity contribution in [2.75, 3.05) is 39.4 Å². The molecule has 0 saturated carbocycles. The van der Waals surface area contributed by atoms with Crippen molar-refractivity contribution in [2.45, 2.75) is 19.1 Å². The predicted octanol–water partition coefficient (Wildman–Crippen LogP) is 1.93. The van der Waals surface area contributed by atoms with E-state index in [2.05, 4.69) is 25.7 Å². The van der Waals surface area contributed by atoms with Gasteiger partial charge in [-0.3, -0.25) is 4.90 Å². The molecule has 11 heteroatoms. The molecule has 0 atom stereocenters. The van der Waals surface area contributed by atoms with Gasteiger partial charge in [0.2, 0.25) is 0 Å². The average Bonchev–Trinajstić information content (AvgIpc) is 3.18. The molecule has 2 heterocycles. The molecule has 1 aromatic carbocycles. The van der Waals surface area contributed by atoms with E-state index in [0.29, 0.717) is 17.8 Å². The summed E-state index contributed by atoms with van der Waals surface area (Å²) in [6.07, 6.45) is -4.31. The Bertz CT molecular complexity index is 802. The van der Waals surface area contributed by atoms with Crippen LogP contribution in [0.5, 0.6) is 0 Å². The number of nitrogens with one attached hydrogen (secondary N) is 1. The quantitative estimate of drug-likeness (QED) is 0.295. The lowest BCUT2D eigenvalue weighted by Crippen LogP contribution is -2.40. The van der Waals surface area contributed by atoms with Gasteiger partial charge in [-0.25, -0.2) is 4.63 Å². The number of nitrogens with zero attached hydrogens (tertiary/aromatic N) is 4. The van der Waals surface area contributed by atoms with Gasteiger partial charge < -0.3 is 15.3 Å². The summed E-state index contributed by atoms with van der Waals surface area (Å²) in [5.41, 5.74) is 0.700. The molecule has 158 valence electrons. The summed E-state index contributed by atoms with van der Waals surface area (Å²) >= 11 is 0. The van der Waals surface area contributed by atoms with Crippen LogP contribution in [0.3, 0.4) is 0 Å². The maximum absolute atomic E-state index is 12.7. The second-order valence-corrected chi connectivity index (χ2v) is 6.61. The van der Waals surface area contributed by atoms with Gasteiger partial charge in [0, 0.05) is 39.1 Å². The standard InChI is InChI=1S/C18H22F3N5O3/c19-18(20,21)14-3-1-13(2-4-14)11-15(23-27)17-16(24-29-25-17)12-22-5-6-26-7-9-28-10-8-26/h1-4,22,27H,5-12H2. The molecule has 1 aromatic heterocycles. The Labute approximate surface area is 165 Å². The van der Waals surface area contributed by atoms with Gasteiger partial charge in [-0.15, -0.1) is 0 Å². The van der Waals surface area contributed by atoms with Gasteiger partial charge in [-0.1, -0.05) is 22.4 Å². The van der Waals surface area contributed by atoms with Gasteiger partial charge in [-0.05, 0) is 22.9 Å². The van der Waals surface area contributed by atoms with Crippen LogP contribution in [0.15, 0.2) is 34.1 Å². The lowest BCUT2D eigenvalue weighted by molar-refractivity contribution is -0.137. The number of hydrogen-bond acceptors (Lipinski definition) is 8. The van der Waals surface area contributed by atoms with Gasteiger partial charge in [0.25, 0.3) is 0 Å². The minimum Gasteiger partial charge on any atom is -0.411 e. The van der Waals surface area contributed by atoms with Crippen molar-refractivity contribution < 1.29 is 27.7 Å². The fourth-order valence-electron chi connectivity index (χ4n) is 2.98. The molecule has 0 radical (unpaired) electrons. The van der Waals surface area contributed by atoms with Gasteiger partial charge in [-0.2, -0.15) is 13.2 Å². The molecule has 3 rings (SSSR count). The third-order valence-electron chi connectivity index (χ3n) is 4.60. The number of benzene rings is 1. The fraction of sp³-hybridized carbons (Fsp3) is 0.500. The largest absolute Gasteiger partial charge is 0.416 e. The monoisotopic (exact) mass is 413 g/mol. The molecule has 8 nitrogen and oxygen atoms in total. The van der Waals surface area contributed by atoms with E-state index in [4.69, 9.17) is 9.37 Å². The minimum atomic E-state index is -4.40. The van der Waals surface area contributed by atoms with E-state index in [1.807, 2.05) is 0 Å². The Morgan fingerprint density at radius 2 is 1.90 bits per heavy atom. The molecule has 0 unspecified atom stereocenters. The van der Waals surface area contributed by atoms with E-state index < -0.39 is 11.7 Å². The third kappa shape index (κ3) is 5.99. The number of oxime groups is 1. The molecule has 0 amide bonds. The lowest BCUT2D eigenvalue weighted by Gasteiger charge is -2.26. The highest BCUT2D eigenvalue weighted by atomic mass is 19.4. The zero-order chi connectivity index (χ0) is 20.7. The molecule has 2 N–H and O–H groups in total. The Kier molecular flexibility index (Phi) is 7.18. The lowest BCUT2D eigenvalue weighted by atomic mass is 10.0. The maximum atomic E-state index is 12.7. The maximum Gasteiger partial charge on any atom is 0.416 e. The van der Waals surface area contributed by atoms with Crippen molar-refractivity contribution in [1.29, 1.82) is 0 Å².